The molecule has 0 saturated carbocycles. The first-order chi connectivity index (χ1) is 6.27. The fourth-order valence-electron chi connectivity index (χ4n) is 1.19. The molecule has 0 aliphatic heterocycles. The van der Waals surface area contributed by atoms with E-state index in [-0.39, 0.29) is 5.56 Å². The predicted molar refractivity (Wildman–Crippen MR) is 55.1 cm³/mol. The third-order valence-corrected chi connectivity index (χ3v) is 2.63. The second-order valence-electron chi connectivity index (χ2n) is 2.91. The summed E-state index contributed by atoms with van der Waals surface area (Å²) in [5.41, 5.74) is 2.96. The number of aromatic nitrogens is 1. The summed E-state index contributed by atoms with van der Waals surface area (Å²) < 4.78 is 0. The molecule has 2 heterocycles. The predicted octanol–water partition coefficient (Wildman–Crippen LogP) is 2.41. The van der Waals surface area contributed by atoms with Crippen molar-refractivity contribution in [1.29, 1.82) is 0 Å². The Bertz CT molecular complexity index is 456. The highest BCUT2D eigenvalue weighted by atomic mass is 32.1. The molecular weight excluding hydrogens is 182 g/mol. The molecule has 2 nitrogen and oxygen atoms in total. The van der Waals surface area contributed by atoms with Crippen LogP contribution in [-0.4, -0.2) is 4.98 Å². The van der Waals surface area contributed by atoms with Gasteiger partial charge in [-0.25, -0.2) is 0 Å². The molecule has 13 heavy (non-hydrogen) atoms. The molecule has 0 fully saturated rings. The van der Waals surface area contributed by atoms with E-state index in [1.165, 1.54) is 0 Å². The van der Waals surface area contributed by atoms with Crippen molar-refractivity contribution in [2.75, 3.05) is 0 Å². The van der Waals surface area contributed by atoms with Crippen molar-refractivity contribution in [3.8, 4) is 11.1 Å². The smallest absolute Gasteiger partial charge is 0.250 e. The minimum absolute atomic E-state index is 0.0148. The largest absolute Gasteiger partial charge is 0.328 e. The highest BCUT2D eigenvalue weighted by Crippen LogP contribution is 2.20. The summed E-state index contributed by atoms with van der Waals surface area (Å²) in [4.78, 5) is 13.8. The Morgan fingerprint density at radius 3 is 2.85 bits per heavy atom. The van der Waals surface area contributed by atoms with Gasteiger partial charge in [0.2, 0.25) is 0 Å². The van der Waals surface area contributed by atoms with Crippen LogP contribution in [0.15, 0.2) is 33.9 Å². The second kappa shape index (κ2) is 3.18. The topological polar surface area (TPSA) is 32.9 Å². The number of aryl methyl sites for hydroxylation is 1. The van der Waals surface area contributed by atoms with Crippen molar-refractivity contribution in [1.82, 2.24) is 4.98 Å². The van der Waals surface area contributed by atoms with Crippen LogP contribution in [0.4, 0.5) is 0 Å². The van der Waals surface area contributed by atoms with E-state index in [1.54, 1.807) is 17.5 Å². The van der Waals surface area contributed by atoms with E-state index in [2.05, 4.69) is 10.4 Å². The molecule has 66 valence electrons. The Morgan fingerprint density at radius 1 is 1.38 bits per heavy atom. The number of rotatable bonds is 1. The number of thiophene rings is 1. The molecule has 0 aliphatic rings. The molecule has 3 heteroatoms. The first kappa shape index (κ1) is 8.26. The van der Waals surface area contributed by atoms with Gasteiger partial charge >= 0.3 is 0 Å². The fraction of sp³-hybridized carbons (Fsp3) is 0.100. The van der Waals surface area contributed by atoms with Gasteiger partial charge in [0, 0.05) is 11.8 Å². The van der Waals surface area contributed by atoms with E-state index in [0.29, 0.717) is 0 Å². The van der Waals surface area contributed by atoms with E-state index in [9.17, 15) is 4.79 Å². The van der Waals surface area contributed by atoms with Crippen LogP contribution in [0.5, 0.6) is 0 Å². The zero-order chi connectivity index (χ0) is 9.26. The molecule has 2 aromatic rings. The average Bonchev–Trinajstić information content (AvgIpc) is 2.62. The van der Waals surface area contributed by atoms with Crippen molar-refractivity contribution >= 4 is 11.3 Å². The summed E-state index contributed by atoms with van der Waals surface area (Å²) in [6, 6.07) is 3.94. The molecule has 0 aliphatic carbocycles. The first-order valence-electron chi connectivity index (χ1n) is 3.99. The van der Waals surface area contributed by atoms with Crippen LogP contribution in [0.2, 0.25) is 0 Å². The summed E-state index contributed by atoms with van der Waals surface area (Å²) in [6.07, 6.45) is 1.75. The highest BCUT2D eigenvalue weighted by Gasteiger charge is 1.99. The average molecular weight is 191 g/mol. The Kier molecular flexibility index (Phi) is 2.02. The lowest BCUT2D eigenvalue weighted by Gasteiger charge is -1.97. The first-order valence-corrected chi connectivity index (χ1v) is 4.93. The van der Waals surface area contributed by atoms with Gasteiger partial charge in [0.1, 0.15) is 0 Å². The van der Waals surface area contributed by atoms with Crippen LogP contribution < -0.4 is 5.56 Å². The van der Waals surface area contributed by atoms with Crippen molar-refractivity contribution in [3.63, 3.8) is 0 Å². The molecule has 0 unspecified atom stereocenters. The van der Waals surface area contributed by atoms with Gasteiger partial charge in [0.05, 0.1) is 0 Å². The summed E-state index contributed by atoms with van der Waals surface area (Å²) in [6.45, 7) is 1.81. The molecule has 0 atom stereocenters. The quantitative estimate of drug-likeness (QED) is 0.737. The van der Waals surface area contributed by atoms with Crippen LogP contribution in [0.25, 0.3) is 11.1 Å². The van der Waals surface area contributed by atoms with E-state index < -0.39 is 0 Å². The van der Waals surface area contributed by atoms with Crippen LogP contribution in [0.3, 0.4) is 0 Å². The molecule has 1 N–H and O–H groups in total. The molecule has 0 saturated heterocycles. The lowest BCUT2D eigenvalue weighted by atomic mass is 10.1. The third kappa shape index (κ3) is 1.55. The van der Waals surface area contributed by atoms with Gasteiger partial charge in [0.25, 0.3) is 5.56 Å². The van der Waals surface area contributed by atoms with Crippen LogP contribution in [0, 0.1) is 6.92 Å². The monoisotopic (exact) mass is 191 g/mol. The minimum Gasteiger partial charge on any atom is -0.328 e. The molecular formula is C10H9NOS. The van der Waals surface area contributed by atoms with E-state index in [1.807, 2.05) is 24.4 Å². The summed E-state index contributed by atoms with van der Waals surface area (Å²) >= 11 is 1.65. The van der Waals surface area contributed by atoms with Gasteiger partial charge in [0.15, 0.2) is 0 Å². The van der Waals surface area contributed by atoms with Gasteiger partial charge in [-0.1, -0.05) is 0 Å². The van der Waals surface area contributed by atoms with E-state index in [4.69, 9.17) is 0 Å². The molecule has 2 aromatic heterocycles. The summed E-state index contributed by atoms with van der Waals surface area (Å²) in [5, 5.41) is 4.09. The van der Waals surface area contributed by atoms with E-state index in [0.717, 1.165) is 16.7 Å². The molecule has 0 amide bonds. The van der Waals surface area contributed by atoms with Gasteiger partial charge in [-0.05, 0) is 40.9 Å². The van der Waals surface area contributed by atoms with Crippen LogP contribution in [0.1, 0.15) is 5.56 Å². The third-order valence-electron chi connectivity index (χ3n) is 1.94. The Hall–Kier alpha value is -1.35. The number of hydrogen-bond donors (Lipinski definition) is 1. The highest BCUT2D eigenvalue weighted by molar-refractivity contribution is 7.08. The second-order valence-corrected chi connectivity index (χ2v) is 3.69. The van der Waals surface area contributed by atoms with Gasteiger partial charge in [-0.15, -0.1) is 0 Å². The maximum absolute atomic E-state index is 11.1. The number of H-pyrrole nitrogens is 1. The molecule has 2 rings (SSSR count). The van der Waals surface area contributed by atoms with Crippen molar-refractivity contribution < 1.29 is 0 Å². The molecule has 0 bridgehead atoms. The van der Waals surface area contributed by atoms with Crippen molar-refractivity contribution in [2.45, 2.75) is 6.92 Å². The number of aromatic amines is 1. The maximum atomic E-state index is 11.1. The van der Waals surface area contributed by atoms with Crippen molar-refractivity contribution in [3.05, 3.63) is 45.0 Å². The molecule has 0 radical (unpaired) electrons. The zero-order valence-electron chi connectivity index (χ0n) is 7.20. The minimum atomic E-state index is -0.0148. The number of nitrogens with one attached hydrogen (secondary N) is 1. The van der Waals surface area contributed by atoms with Gasteiger partial charge in [-0.3, -0.25) is 4.79 Å². The lowest BCUT2D eigenvalue weighted by molar-refractivity contribution is 1.18. The molecule has 0 aromatic carbocycles. The molecule has 0 spiro atoms. The normalized spacial score (nSPS) is 10.2. The summed E-state index contributed by atoms with van der Waals surface area (Å²) in [7, 11) is 0. The summed E-state index contributed by atoms with van der Waals surface area (Å²) in [5.74, 6) is 0. The maximum Gasteiger partial charge on any atom is 0.250 e. The van der Waals surface area contributed by atoms with Crippen LogP contribution in [-0.2, 0) is 0 Å². The Morgan fingerprint density at radius 2 is 2.23 bits per heavy atom. The standard InChI is InChI=1S/C10H9NOS/c1-7-4-9(5-11-10(7)12)8-2-3-13-6-8/h2-6H,1H3,(H,11,12). The number of hydrogen-bond acceptors (Lipinski definition) is 2. The zero-order valence-corrected chi connectivity index (χ0v) is 8.02. The number of pyridine rings is 1. The van der Waals surface area contributed by atoms with Crippen LogP contribution >= 0.6 is 11.3 Å². The van der Waals surface area contributed by atoms with Crippen molar-refractivity contribution in [2.24, 2.45) is 0 Å². The lowest BCUT2D eigenvalue weighted by Crippen LogP contribution is -2.07. The Labute approximate surface area is 79.9 Å². The Balaban J connectivity index is 2.55. The van der Waals surface area contributed by atoms with Gasteiger partial charge in [-0.2, -0.15) is 11.3 Å². The van der Waals surface area contributed by atoms with E-state index >= 15 is 0 Å². The van der Waals surface area contributed by atoms with Gasteiger partial charge < -0.3 is 4.98 Å². The SMILES string of the molecule is Cc1cc(-c2ccsc2)c[nH]c1=O. The fourth-order valence-corrected chi connectivity index (χ4v) is 1.86.